The number of carbonyl (C=O) groups excluding carboxylic acids is 1. The summed E-state index contributed by atoms with van der Waals surface area (Å²) in [6.45, 7) is 7.74. The minimum Gasteiger partial charge on any atom is -0.322 e. The van der Waals surface area contributed by atoms with Crippen LogP contribution in [0.5, 0.6) is 0 Å². The van der Waals surface area contributed by atoms with Crippen molar-refractivity contribution in [3.63, 3.8) is 0 Å². The lowest BCUT2D eigenvalue weighted by molar-refractivity contribution is -0.136. The summed E-state index contributed by atoms with van der Waals surface area (Å²) in [6, 6.07) is 0.420. The first-order valence-corrected chi connectivity index (χ1v) is 7.99. The first kappa shape index (κ1) is 13.4. The fraction of sp³-hybridized carbons (Fsp3) is 0.933. The van der Waals surface area contributed by atoms with E-state index in [0.29, 0.717) is 11.9 Å². The Balaban J connectivity index is 1.75. The third-order valence-corrected chi connectivity index (χ3v) is 5.32. The summed E-state index contributed by atoms with van der Waals surface area (Å²) in [5.41, 5.74) is -0.200. The second-order valence-corrected chi connectivity index (χ2v) is 6.51. The molecule has 2 unspecified atom stereocenters. The van der Waals surface area contributed by atoms with Crippen molar-refractivity contribution in [3.05, 3.63) is 0 Å². The maximum absolute atomic E-state index is 12.9. The number of likely N-dealkylation sites (N-methyl/N-ethyl adjacent to an activating group) is 1. The molecule has 4 nitrogen and oxygen atoms in total. The van der Waals surface area contributed by atoms with Gasteiger partial charge in [-0.1, -0.05) is 19.8 Å². The fourth-order valence-corrected chi connectivity index (χ4v) is 4.32. The molecule has 19 heavy (non-hydrogen) atoms. The normalized spacial score (nSPS) is 35.5. The zero-order valence-corrected chi connectivity index (χ0v) is 12.3. The van der Waals surface area contributed by atoms with E-state index in [9.17, 15) is 4.79 Å². The molecule has 0 aromatic rings. The van der Waals surface area contributed by atoms with Crippen molar-refractivity contribution in [2.75, 3.05) is 19.6 Å². The van der Waals surface area contributed by atoms with Crippen molar-refractivity contribution in [2.24, 2.45) is 0 Å². The summed E-state index contributed by atoms with van der Waals surface area (Å²) in [5.74, 6) is 0.389. The van der Waals surface area contributed by atoms with Crippen molar-refractivity contribution in [2.45, 2.75) is 70.1 Å². The molecule has 2 atom stereocenters. The summed E-state index contributed by atoms with van der Waals surface area (Å²) in [7, 11) is 0. The molecule has 0 radical (unpaired) electrons. The molecule has 4 heteroatoms. The van der Waals surface area contributed by atoms with Gasteiger partial charge in [0.05, 0.1) is 11.7 Å². The van der Waals surface area contributed by atoms with Crippen LogP contribution in [0.2, 0.25) is 0 Å². The van der Waals surface area contributed by atoms with E-state index >= 15 is 0 Å². The number of nitrogens with zero attached hydrogens (tertiary/aromatic N) is 2. The molecule has 3 rings (SSSR count). The number of piperidine rings is 1. The van der Waals surface area contributed by atoms with E-state index in [4.69, 9.17) is 0 Å². The number of rotatable bonds is 2. The molecular formula is C15H27N3O. The Morgan fingerprint density at radius 1 is 1.32 bits per heavy atom. The highest BCUT2D eigenvalue weighted by molar-refractivity contribution is 5.89. The number of carbonyl (C=O) groups is 1. The molecule has 108 valence electrons. The zero-order chi connectivity index (χ0) is 13.5. The SMILES string of the molecule is CCN1CCCC(N2C(=O)C3(CCCC3)NC2C)C1. The van der Waals surface area contributed by atoms with Crippen LogP contribution in [0.1, 0.15) is 52.4 Å². The van der Waals surface area contributed by atoms with Crippen LogP contribution in [0.4, 0.5) is 0 Å². The molecule has 1 amide bonds. The van der Waals surface area contributed by atoms with Crippen molar-refractivity contribution >= 4 is 5.91 Å². The van der Waals surface area contributed by atoms with E-state index in [2.05, 4.69) is 29.0 Å². The van der Waals surface area contributed by atoms with Crippen LogP contribution in [-0.2, 0) is 4.79 Å². The molecule has 0 bridgehead atoms. The average molecular weight is 265 g/mol. The van der Waals surface area contributed by atoms with Crippen LogP contribution < -0.4 is 5.32 Å². The fourth-order valence-electron chi connectivity index (χ4n) is 4.32. The Kier molecular flexibility index (Phi) is 3.56. The van der Waals surface area contributed by atoms with Gasteiger partial charge in [0.15, 0.2) is 0 Å². The van der Waals surface area contributed by atoms with E-state index < -0.39 is 0 Å². The molecule has 1 saturated carbocycles. The molecule has 0 aromatic heterocycles. The first-order valence-electron chi connectivity index (χ1n) is 7.99. The number of hydrogen-bond acceptors (Lipinski definition) is 3. The third-order valence-electron chi connectivity index (χ3n) is 5.32. The Morgan fingerprint density at radius 3 is 2.74 bits per heavy atom. The number of amides is 1. The van der Waals surface area contributed by atoms with E-state index in [1.165, 1.54) is 32.2 Å². The standard InChI is InChI=1S/C15H27N3O/c1-3-17-10-6-7-13(11-17)18-12(2)16-15(14(18)19)8-4-5-9-15/h12-13,16H,3-11H2,1-2H3. The largest absolute Gasteiger partial charge is 0.322 e. The topological polar surface area (TPSA) is 35.6 Å². The van der Waals surface area contributed by atoms with Gasteiger partial charge < -0.3 is 9.80 Å². The highest BCUT2D eigenvalue weighted by Gasteiger charge is 2.52. The van der Waals surface area contributed by atoms with Crippen LogP contribution in [-0.4, -0.2) is 53.1 Å². The van der Waals surface area contributed by atoms with Gasteiger partial charge in [0.25, 0.3) is 0 Å². The van der Waals surface area contributed by atoms with Gasteiger partial charge in [-0.25, -0.2) is 0 Å². The van der Waals surface area contributed by atoms with E-state index in [0.717, 1.165) is 25.9 Å². The molecule has 1 spiro atoms. The Bertz CT molecular complexity index is 351. The van der Waals surface area contributed by atoms with Gasteiger partial charge in [-0.3, -0.25) is 10.1 Å². The molecule has 0 aromatic carbocycles. The van der Waals surface area contributed by atoms with Crippen LogP contribution in [0, 0.1) is 0 Å². The van der Waals surface area contributed by atoms with Gasteiger partial charge in [-0.15, -0.1) is 0 Å². The highest BCUT2D eigenvalue weighted by Crippen LogP contribution is 2.38. The summed E-state index contributed by atoms with van der Waals surface area (Å²) in [4.78, 5) is 17.5. The van der Waals surface area contributed by atoms with Crippen molar-refractivity contribution in [1.82, 2.24) is 15.1 Å². The summed E-state index contributed by atoms with van der Waals surface area (Å²) in [5, 5.41) is 3.62. The molecule has 3 aliphatic rings. The number of nitrogens with one attached hydrogen (secondary N) is 1. The molecule has 2 aliphatic heterocycles. The van der Waals surface area contributed by atoms with E-state index in [-0.39, 0.29) is 11.7 Å². The summed E-state index contributed by atoms with van der Waals surface area (Å²) >= 11 is 0. The Labute approximate surface area is 116 Å². The summed E-state index contributed by atoms with van der Waals surface area (Å²) in [6.07, 6.45) is 7.09. The monoisotopic (exact) mass is 265 g/mol. The zero-order valence-electron chi connectivity index (χ0n) is 12.3. The van der Waals surface area contributed by atoms with E-state index in [1.807, 2.05) is 0 Å². The van der Waals surface area contributed by atoms with Crippen molar-refractivity contribution in [1.29, 1.82) is 0 Å². The van der Waals surface area contributed by atoms with Crippen molar-refractivity contribution in [3.8, 4) is 0 Å². The van der Waals surface area contributed by atoms with Crippen LogP contribution in [0.3, 0.4) is 0 Å². The Morgan fingerprint density at radius 2 is 2.05 bits per heavy atom. The molecule has 1 N–H and O–H groups in total. The average Bonchev–Trinajstić information content (AvgIpc) is 2.97. The maximum atomic E-state index is 12.9. The van der Waals surface area contributed by atoms with Crippen LogP contribution in [0.25, 0.3) is 0 Å². The minimum atomic E-state index is -0.200. The van der Waals surface area contributed by atoms with Gasteiger partial charge in [0.2, 0.25) is 5.91 Å². The predicted molar refractivity (Wildman–Crippen MR) is 75.8 cm³/mol. The molecule has 2 heterocycles. The van der Waals surface area contributed by atoms with Crippen LogP contribution in [0.15, 0.2) is 0 Å². The maximum Gasteiger partial charge on any atom is 0.244 e. The number of likely N-dealkylation sites (tertiary alicyclic amines) is 1. The lowest BCUT2D eigenvalue weighted by Gasteiger charge is -2.39. The second kappa shape index (κ2) is 5.06. The lowest BCUT2D eigenvalue weighted by atomic mass is 9.96. The quantitative estimate of drug-likeness (QED) is 0.823. The van der Waals surface area contributed by atoms with Gasteiger partial charge in [-0.2, -0.15) is 0 Å². The van der Waals surface area contributed by atoms with Crippen LogP contribution >= 0.6 is 0 Å². The van der Waals surface area contributed by atoms with E-state index in [1.54, 1.807) is 0 Å². The predicted octanol–water partition coefficient (Wildman–Crippen LogP) is 1.56. The van der Waals surface area contributed by atoms with Gasteiger partial charge in [-0.05, 0) is 45.7 Å². The first-order chi connectivity index (χ1) is 9.16. The summed E-state index contributed by atoms with van der Waals surface area (Å²) < 4.78 is 0. The second-order valence-electron chi connectivity index (χ2n) is 6.51. The molecular weight excluding hydrogens is 238 g/mol. The van der Waals surface area contributed by atoms with Gasteiger partial charge in [0.1, 0.15) is 0 Å². The lowest BCUT2D eigenvalue weighted by Crippen LogP contribution is -2.52. The van der Waals surface area contributed by atoms with Gasteiger partial charge >= 0.3 is 0 Å². The number of hydrogen-bond donors (Lipinski definition) is 1. The van der Waals surface area contributed by atoms with Gasteiger partial charge in [0, 0.05) is 12.6 Å². The molecule has 3 fully saturated rings. The molecule has 1 aliphatic carbocycles. The molecule has 2 saturated heterocycles. The van der Waals surface area contributed by atoms with Crippen molar-refractivity contribution < 1.29 is 4.79 Å². The third kappa shape index (κ3) is 2.19. The minimum absolute atomic E-state index is 0.200. The Hall–Kier alpha value is -0.610. The highest BCUT2D eigenvalue weighted by atomic mass is 16.2. The smallest absolute Gasteiger partial charge is 0.244 e.